The van der Waals surface area contributed by atoms with Gasteiger partial charge in [0.1, 0.15) is 18.1 Å². The van der Waals surface area contributed by atoms with Gasteiger partial charge in [0.25, 0.3) is 11.5 Å². The number of nitrogens with one attached hydrogen (secondary N) is 1. The second-order valence-electron chi connectivity index (χ2n) is 10.3. The topological polar surface area (TPSA) is 81.9 Å². The Morgan fingerprint density at radius 3 is 2.36 bits per heavy atom. The summed E-state index contributed by atoms with van der Waals surface area (Å²) in [5.74, 6) is 1.11. The summed E-state index contributed by atoms with van der Waals surface area (Å²) in [5.41, 5.74) is 4.09. The summed E-state index contributed by atoms with van der Waals surface area (Å²) in [6.07, 6.45) is 1.84. The van der Waals surface area contributed by atoms with Crippen LogP contribution in [0.5, 0.6) is 11.5 Å². The smallest absolute Gasteiger partial charge is 0.271 e. The Hall–Kier alpha value is -5.21. The second kappa shape index (κ2) is 13.0. The summed E-state index contributed by atoms with van der Waals surface area (Å²) in [4.78, 5) is 33.1. The number of rotatable bonds is 9. The fourth-order valence-corrected chi connectivity index (χ4v) is 6.19. The molecule has 0 unspecified atom stereocenters. The van der Waals surface area contributed by atoms with Gasteiger partial charge in [-0.05, 0) is 73.0 Å². The molecule has 44 heavy (non-hydrogen) atoms. The number of anilines is 1. The molecule has 7 nitrogen and oxygen atoms in total. The third kappa shape index (κ3) is 6.26. The van der Waals surface area contributed by atoms with E-state index in [0.29, 0.717) is 51.0 Å². The van der Waals surface area contributed by atoms with E-state index in [1.807, 2.05) is 129 Å². The van der Waals surface area contributed by atoms with E-state index in [9.17, 15) is 9.59 Å². The van der Waals surface area contributed by atoms with Crippen LogP contribution in [0.3, 0.4) is 0 Å². The Labute approximate surface area is 259 Å². The molecule has 0 radical (unpaired) electrons. The fraction of sp³-hybridized carbons (Fsp3) is 0.139. The Balaban J connectivity index is 1.39. The minimum Gasteiger partial charge on any atom is -0.494 e. The van der Waals surface area contributed by atoms with Gasteiger partial charge in [0.05, 0.1) is 28.5 Å². The van der Waals surface area contributed by atoms with Crippen LogP contribution < -0.4 is 29.7 Å². The SMILES string of the molecule is CCOc1ccc([C@@H]2C(C(=O)Nc3ccccc3)=C(C)N=c3s/c(=C/c4cccc(OCc5ccccc5)c4)c(=O)n32)cc1. The van der Waals surface area contributed by atoms with E-state index in [0.717, 1.165) is 16.7 Å². The van der Waals surface area contributed by atoms with Crippen LogP contribution in [0.25, 0.3) is 6.08 Å². The zero-order valence-corrected chi connectivity index (χ0v) is 25.2. The van der Waals surface area contributed by atoms with Crippen molar-refractivity contribution in [1.82, 2.24) is 4.57 Å². The van der Waals surface area contributed by atoms with Gasteiger partial charge in [-0.1, -0.05) is 84.1 Å². The lowest BCUT2D eigenvalue weighted by Gasteiger charge is -2.25. The molecule has 0 bridgehead atoms. The number of para-hydroxylation sites is 1. The Bertz CT molecular complexity index is 2000. The highest BCUT2D eigenvalue weighted by Crippen LogP contribution is 2.32. The molecule has 5 aromatic rings. The van der Waals surface area contributed by atoms with E-state index in [2.05, 4.69) is 5.32 Å². The van der Waals surface area contributed by atoms with Gasteiger partial charge in [-0.15, -0.1) is 0 Å². The summed E-state index contributed by atoms with van der Waals surface area (Å²) >= 11 is 1.30. The Morgan fingerprint density at radius 2 is 1.64 bits per heavy atom. The van der Waals surface area contributed by atoms with Gasteiger partial charge in [-0.25, -0.2) is 4.99 Å². The first-order chi connectivity index (χ1) is 21.5. The zero-order valence-electron chi connectivity index (χ0n) is 24.4. The summed E-state index contributed by atoms with van der Waals surface area (Å²) < 4.78 is 13.8. The third-order valence-electron chi connectivity index (χ3n) is 7.21. The first kappa shape index (κ1) is 28.9. The maximum absolute atomic E-state index is 14.1. The van der Waals surface area contributed by atoms with Crippen molar-refractivity contribution in [3.63, 3.8) is 0 Å². The van der Waals surface area contributed by atoms with Crippen molar-refractivity contribution in [2.24, 2.45) is 4.99 Å². The molecule has 1 atom stereocenters. The molecule has 8 heteroatoms. The average Bonchev–Trinajstić information content (AvgIpc) is 3.34. The number of allylic oxidation sites excluding steroid dienone is 1. The van der Waals surface area contributed by atoms with Crippen molar-refractivity contribution in [1.29, 1.82) is 0 Å². The van der Waals surface area contributed by atoms with Crippen molar-refractivity contribution in [3.8, 4) is 11.5 Å². The first-order valence-corrected chi connectivity index (χ1v) is 15.2. The van der Waals surface area contributed by atoms with Crippen LogP contribution in [-0.2, 0) is 11.4 Å². The lowest BCUT2D eigenvalue weighted by Crippen LogP contribution is -2.40. The van der Waals surface area contributed by atoms with Gasteiger partial charge in [0.15, 0.2) is 4.80 Å². The number of nitrogens with zero attached hydrogens (tertiary/aromatic N) is 2. The molecule has 1 N–H and O–H groups in total. The molecular formula is C36H31N3O4S. The molecule has 1 aliphatic heterocycles. The molecule has 0 spiro atoms. The largest absolute Gasteiger partial charge is 0.494 e. The highest BCUT2D eigenvalue weighted by Gasteiger charge is 2.32. The molecule has 4 aromatic carbocycles. The third-order valence-corrected chi connectivity index (χ3v) is 8.19. The lowest BCUT2D eigenvalue weighted by molar-refractivity contribution is -0.113. The van der Waals surface area contributed by atoms with E-state index < -0.39 is 6.04 Å². The summed E-state index contributed by atoms with van der Waals surface area (Å²) in [6.45, 7) is 4.72. The van der Waals surface area contributed by atoms with Gasteiger partial charge in [0.2, 0.25) is 0 Å². The van der Waals surface area contributed by atoms with E-state index in [4.69, 9.17) is 14.5 Å². The molecule has 2 heterocycles. The monoisotopic (exact) mass is 601 g/mol. The highest BCUT2D eigenvalue weighted by molar-refractivity contribution is 7.07. The number of aromatic nitrogens is 1. The lowest BCUT2D eigenvalue weighted by atomic mass is 9.95. The fourth-order valence-electron chi connectivity index (χ4n) is 5.15. The first-order valence-electron chi connectivity index (χ1n) is 14.4. The molecule has 220 valence electrons. The van der Waals surface area contributed by atoms with Crippen molar-refractivity contribution in [2.45, 2.75) is 26.5 Å². The number of benzene rings is 4. The van der Waals surface area contributed by atoms with Crippen molar-refractivity contribution >= 4 is 29.0 Å². The van der Waals surface area contributed by atoms with Crippen LogP contribution in [0.1, 0.15) is 36.6 Å². The summed E-state index contributed by atoms with van der Waals surface area (Å²) in [6, 6.07) is 33.7. The van der Waals surface area contributed by atoms with Gasteiger partial charge in [0, 0.05) is 5.69 Å². The number of hydrogen-bond acceptors (Lipinski definition) is 6. The van der Waals surface area contributed by atoms with Crippen molar-refractivity contribution < 1.29 is 14.3 Å². The van der Waals surface area contributed by atoms with Crippen LogP contribution in [0, 0.1) is 0 Å². The summed E-state index contributed by atoms with van der Waals surface area (Å²) in [7, 11) is 0. The summed E-state index contributed by atoms with van der Waals surface area (Å²) in [5, 5.41) is 2.99. The number of carbonyl (C=O) groups is 1. The second-order valence-corrected chi connectivity index (χ2v) is 11.3. The number of fused-ring (bicyclic) bond motifs is 1. The molecule has 1 aliphatic rings. The van der Waals surface area contributed by atoms with Gasteiger partial charge < -0.3 is 14.8 Å². The maximum atomic E-state index is 14.1. The molecule has 0 saturated heterocycles. The Morgan fingerprint density at radius 1 is 0.909 bits per heavy atom. The quantitative estimate of drug-likeness (QED) is 0.230. The molecule has 0 aliphatic carbocycles. The van der Waals surface area contributed by atoms with Gasteiger partial charge in [-0.3, -0.25) is 14.2 Å². The molecule has 0 fully saturated rings. The van der Waals surface area contributed by atoms with Crippen LogP contribution in [-0.4, -0.2) is 17.1 Å². The minimum atomic E-state index is -0.673. The molecule has 1 aromatic heterocycles. The number of amides is 1. The zero-order chi connectivity index (χ0) is 30.5. The number of carbonyl (C=O) groups excluding carboxylic acids is 1. The standard InChI is InChI=1S/C36H31N3O4S/c1-3-42-29-19-17-27(18-20-29)33-32(34(40)38-28-14-8-5-9-15-28)24(2)37-36-39(33)35(41)31(44-36)22-26-13-10-16-30(21-26)43-23-25-11-6-4-7-12-25/h4-22,33H,3,23H2,1-2H3,(H,38,40)/b31-22+/t33-/m1/s1. The highest BCUT2D eigenvalue weighted by atomic mass is 32.1. The Kier molecular flexibility index (Phi) is 8.52. The van der Waals surface area contributed by atoms with Crippen LogP contribution in [0.2, 0.25) is 0 Å². The predicted octanol–water partition coefficient (Wildman–Crippen LogP) is 5.85. The van der Waals surface area contributed by atoms with Crippen LogP contribution in [0.15, 0.2) is 130 Å². The van der Waals surface area contributed by atoms with E-state index in [1.165, 1.54) is 11.3 Å². The molecule has 0 saturated carbocycles. The normalized spacial score (nSPS) is 14.5. The van der Waals surface area contributed by atoms with E-state index in [-0.39, 0.29) is 11.5 Å². The number of thiazole rings is 1. The number of ether oxygens (including phenoxy) is 2. The van der Waals surface area contributed by atoms with E-state index in [1.54, 1.807) is 4.57 Å². The minimum absolute atomic E-state index is 0.222. The number of hydrogen-bond donors (Lipinski definition) is 1. The molecular weight excluding hydrogens is 570 g/mol. The van der Waals surface area contributed by atoms with Crippen LogP contribution >= 0.6 is 11.3 Å². The van der Waals surface area contributed by atoms with Crippen LogP contribution in [0.4, 0.5) is 5.69 Å². The van der Waals surface area contributed by atoms with Crippen molar-refractivity contribution in [3.05, 3.63) is 157 Å². The average molecular weight is 602 g/mol. The predicted molar refractivity (Wildman–Crippen MR) is 174 cm³/mol. The van der Waals surface area contributed by atoms with Gasteiger partial charge >= 0.3 is 0 Å². The van der Waals surface area contributed by atoms with Crippen molar-refractivity contribution in [2.75, 3.05) is 11.9 Å². The van der Waals surface area contributed by atoms with E-state index >= 15 is 0 Å². The molecule has 6 rings (SSSR count). The molecule has 1 amide bonds. The maximum Gasteiger partial charge on any atom is 0.271 e. The van der Waals surface area contributed by atoms with Gasteiger partial charge in [-0.2, -0.15) is 0 Å².